The van der Waals surface area contributed by atoms with Crippen molar-refractivity contribution in [3.8, 4) is 78.1 Å². The van der Waals surface area contributed by atoms with Gasteiger partial charge in [-0.3, -0.25) is 4.79 Å². The molecule has 3 nitrogen and oxygen atoms in total. The quantitative estimate of drug-likeness (QED) is 0.153. The zero-order valence-corrected chi connectivity index (χ0v) is 31.0. The number of aromatic nitrogens is 1. The maximum atomic E-state index is 13.5. The number of nitrogens with zero attached hydrogens (tertiary/aromatic N) is 1. The summed E-state index contributed by atoms with van der Waals surface area (Å²) in [6, 6.07) is 73.1. The number of pyridine rings is 1. The van der Waals surface area contributed by atoms with Crippen LogP contribution in [0.3, 0.4) is 0 Å². The van der Waals surface area contributed by atoms with E-state index in [-0.39, 0.29) is 5.43 Å². The molecule has 3 heteroatoms. The fourth-order valence-corrected chi connectivity index (χ4v) is 7.72. The molecule has 0 bridgehead atoms. The van der Waals surface area contributed by atoms with Crippen molar-refractivity contribution in [1.29, 1.82) is 0 Å². The predicted molar refractivity (Wildman–Crippen MR) is 236 cm³/mol. The Labute approximate surface area is 330 Å². The van der Waals surface area contributed by atoms with Gasteiger partial charge >= 0.3 is 0 Å². The number of hydrogen-bond donors (Lipinski definition) is 0. The Morgan fingerprint density at radius 3 is 1.32 bits per heavy atom. The van der Waals surface area contributed by atoms with Gasteiger partial charge in [-0.2, -0.15) is 0 Å². The standard InChI is InChI=1S/C54H35NO2/c56-54-48-23-7-8-26-52(48)57-53-28-27-43(35-49(53)54)40-19-11-22-44(31-40)50-24-12-25-51(55-50)47-33-45(41-20-9-17-38(29-41)36-13-3-1-4-14-36)32-46(34-47)42-21-10-18-39(30-42)37-15-5-2-6-16-37/h1-35H. The molecule has 0 radical (unpaired) electrons. The second-order valence-electron chi connectivity index (χ2n) is 14.3. The van der Waals surface area contributed by atoms with Gasteiger partial charge in [0.15, 0.2) is 0 Å². The van der Waals surface area contributed by atoms with E-state index in [0.717, 1.165) is 55.9 Å². The van der Waals surface area contributed by atoms with Crippen molar-refractivity contribution in [2.24, 2.45) is 0 Å². The second kappa shape index (κ2) is 14.6. The summed E-state index contributed by atoms with van der Waals surface area (Å²) in [5, 5.41) is 1.15. The number of hydrogen-bond acceptors (Lipinski definition) is 3. The molecule has 10 rings (SSSR count). The lowest BCUT2D eigenvalue weighted by Crippen LogP contribution is -2.01. The van der Waals surface area contributed by atoms with Gasteiger partial charge < -0.3 is 4.42 Å². The van der Waals surface area contributed by atoms with E-state index in [1.165, 1.54) is 22.3 Å². The van der Waals surface area contributed by atoms with Crippen LogP contribution in [0.4, 0.5) is 0 Å². The Kier molecular flexibility index (Phi) is 8.66. The highest BCUT2D eigenvalue weighted by Gasteiger charge is 2.13. The highest BCUT2D eigenvalue weighted by Crippen LogP contribution is 2.36. The highest BCUT2D eigenvalue weighted by molar-refractivity contribution is 5.92. The molecule has 0 aliphatic heterocycles. The average Bonchev–Trinajstić information content (AvgIpc) is 3.29. The first-order valence-electron chi connectivity index (χ1n) is 19.1. The fraction of sp³-hybridized carbons (Fsp3) is 0. The molecule has 2 aromatic heterocycles. The Morgan fingerprint density at radius 1 is 0.281 bits per heavy atom. The average molecular weight is 730 g/mol. The van der Waals surface area contributed by atoms with Crippen LogP contribution in [-0.4, -0.2) is 4.98 Å². The molecule has 2 heterocycles. The van der Waals surface area contributed by atoms with Gasteiger partial charge in [0.25, 0.3) is 0 Å². The van der Waals surface area contributed by atoms with Gasteiger partial charge in [0.1, 0.15) is 11.2 Å². The normalized spacial score (nSPS) is 11.2. The first-order valence-corrected chi connectivity index (χ1v) is 19.1. The van der Waals surface area contributed by atoms with Crippen LogP contribution in [0.25, 0.3) is 100 Å². The third kappa shape index (κ3) is 6.73. The van der Waals surface area contributed by atoms with E-state index in [9.17, 15) is 4.79 Å². The molecule has 0 amide bonds. The van der Waals surface area contributed by atoms with Crippen molar-refractivity contribution < 1.29 is 4.42 Å². The van der Waals surface area contributed by atoms with Crippen LogP contribution >= 0.6 is 0 Å². The van der Waals surface area contributed by atoms with E-state index in [4.69, 9.17) is 9.40 Å². The third-order valence-electron chi connectivity index (χ3n) is 10.7. The van der Waals surface area contributed by atoms with Gasteiger partial charge in [0.2, 0.25) is 5.43 Å². The van der Waals surface area contributed by atoms with E-state index in [1.54, 1.807) is 0 Å². The minimum absolute atomic E-state index is 0.0283. The molecule has 268 valence electrons. The van der Waals surface area contributed by atoms with Crippen LogP contribution in [0.5, 0.6) is 0 Å². The zero-order chi connectivity index (χ0) is 38.1. The van der Waals surface area contributed by atoms with Crippen molar-refractivity contribution in [3.63, 3.8) is 0 Å². The van der Waals surface area contributed by atoms with Crippen LogP contribution in [0, 0.1) is 0 Å². The summed E-state index contributed by atoms with van der Waals surface area (Å²) in [6.45, 7) is 0. The largest absolute Gasteiger partial charge is 0.456 e. The lowest BCUT2D eigenvalue weighted by molar-refractivity contribution is 0.660. The molecule has 0 fully saturated rings. The maximum Gasteiger partial charge on any atom is 0.200 e. The Morgan fingerprint density at radius 2 is 0.684 bits per heavy atom. The van der Waals surface area contributed by atoms with Gasteiger partial charge in [-0.1, -0.05) is 140 Å². The van der Waals surface area contributed by atoms with E-state index < -0.39 is 0 Å². The van der Waals surface area contributed by atoms with Gasteiger partial charge in [0.05, 0.1) is 22.2 Å². The summed E-state index contributed by atoms with van der Waals surface area (Å²) in [4.78, 5) is 18.7. The lowest BCUT2D eigenvalue weighted by Gasteiger charge is -2.14. The Hall–Kier alpha value is -7.62. The molecule has 10 aromatic rings. The van der Waals surface area contributed by atoms with Gasteiger partial charge in [-0.15, -0.1) is 0 Å². The molecule has 0 aliphatic rings. The zero-order valence-electron chi connectivity index (χ0n) is 31.0. The molecule has 57 heavy (non-hydrogen) atoms. The SMILES string of the molecule is O=c1c2ccccc2oc2ccc(-c3cccc(-c4cccc(-c5cc(-c6cccc(-c7ccccc7)c6)cc(-c6cccc(-c7ccccc7)c6)c5)n4)c3)cc12. The molecule has 0 N–H and O–H groups in total. The van der Waals surface area contributed by atoms with Crippen LogP contribution in [0.2, 0.25) is 0 Å². The molecular weight excluding hydrogens is 695 g/mol. The number of rotatable bonds is 7. The first-order chi connectivity index (χ1) is 28.1. The molecule has 0 spiro atoms. The minimum Gasteiger partial charge on any atom is -0.456 e. The second-order valence-corrected chi connectivity index (χ2v) is 14.3. The summed E-state index contributed by atoms with van der Waals surface area (Å²) < 4.78 is 6.08. The van der Waals surface area contributed by atoms with Crippen molar-refractivity contribution in [3.05, 3.63) is 223 Å². The number of fused-ring (bicyclic) bond motifs is 2. The van der Waals surface area contributed by atoms with E-state index in [0.29, 0.717) is 21.9 Å². The topological polar surface area (TPSA) is 43.1 Å². The summed E-state index contributed by atoms with van der Waals surface area (Å²) >= 11 is 0. The summed E-state index contributed by atoms with van der Waals surface area (Å²) in [7, 11) is 0. The van der Waals surface area contributed by atoms with Crippen LogP contribution in [-0.2, 0) is 0 Å². The lowest BCUT2D eigenvalue weighted by atomic mass is 9.92. The highest BCUT2D eigenvalue weighted by atomic mass is 16.3. The number of benzene rings is 8. The van der Waals surface area contributed by atoms with Crippen LogP contribution in [0.1, 0.15) is 0 Å². The van der Waals surface area contributed by atoms with Crippen molar-refractivity contribution in [2.75, 3.05) is 0 Å². The Bertz CT molecular complexity index is 3050. The molecule has 0 aliphatic carbocycles. The summed E-state index contributed by atoms with van der Waals surface area (Å²) in [5.41, 5.74) is 16.1. The van der Waals surface area contributed by atoms with E-state index >= 15 is 0 Å². The Balaban J connectivity index is 1.06. The van der Waals surface area contributed by atoms with Gasteiger partial charge in [-0.05, 0) is 128 Å². The van der Waals surface area contributed by atoms with Crippen molar-refractivity contribution >= 4 is 21.9 Å². The van der Waals surface area contributed by atoms with Crippen molar-refractivity contribution in [2.45, 2.75) is 0 Å². The minimum atomic E-state index is -0.0283. The fourth-order valence-electron chi connectivity index (χ4n) is 7.72. The smallest absolute Gasteiger partial charge is 0.200 e. The third-order valence-corrected chi connectivity index (χ3v) is 10.7. The molecule has 0 atom stereocenters. The van der Waals surface area contributed by atoms with Crippen LogP contribution in [0.15, 0.2) is 222 Å². The van der Waals surface area contributed by atoms with E-state index in [2.05, 4.69) is 164 Å². The number of para-hydroxylation sites is 1. The molecular formula is C54H35NO2. The molecule has 0 unspecified atom stereocenters. The summed E-state index contributed by atoms with van der Waals surface area (Å²) in [6.07, 6.45) is 0. The van der Waals surface area contributed by atoms with Gasteiger partial charge in [0, 0.05) is 11.1 Å². The first kappa shape index (κ1) is 33.9. The van der Waals surface area contributed by atoms with E-state index in [1.807, 2.05) is 48.5 Å². The predicted octanol–water partition coefficient (Wildman–Crippen LogP) is 14.0. The monoisotopic (exact) mass is 729 g/mol. The molecule has 0 saturated heterocycles. The summed E-state index contributed by atoms with van der Waals surface area (Å²) in [5.74, 6) is 0. The molecule has 0 saturated carbocycles. The molecule has 8 aromatic carbocycles. The maximum absolute atomic E-state index is 13.5. The van der Waals surface area contributed by atoms with Gasteiger partial charge in [-0.25, -0.2) is 4.98 Å². The van der Waals surface area contributed by atoms with Crippen molar-refractivity contribution in [1.82, 2.24) is 4.98 Å². The van der Waals surface area contributed by atoms with Crippen LogP contribution < -0.4 is 5.43 Å².